The molecule has 3 amide bonds. The first-order valence-electron chi connectivity index (χ1n) is 14.3. The van der Waals surface area contributed by atoms with Crippen molar-refractivity contribution >= 4 is 39.1 Å². The van der Waals surface area contributed by atoms with E-state index in [1.807, 2.05) is 0 Å². The van der Waals surface area contributed by atoms with Crippen LogP contribution in [-0.4, -0.2) is 69.4 Å². The van der Waals surface area contributed by atoms with Gasteiger partial charge in [0.1, 0.15) is 6.04 Å². The molecule has 0 spiro atoms. The van der Waals surface area contributed by atoms with Crippen molar-refractivity contribution < 1.29 is 37.4 Å². The molecule has 3 aromatic rings. The summed E-state index contributed by atoms with van der Waals surface area (Å²) in [5.41, 5.74) is 7.36. The van der Waals surface area contributed by atoms with Crippen LogP contribution in [0.2, 0.25) is 0 Å². The maximum Gasteiger partial charge on any atom is 0.411 e. The molecule has 0 saturated carbocycles. The van der Waals surface area contributed by atoms with E-state index >= 15 is 0 Å². The average molecular weight is 639 g/mol. The zero-order valence-electron chi connectivity index (χ0n) is 25.8. The van der Waals surface area contributed by atoms with Gasteiger partial charge in [-0.15, -0.1) is 0 Å². The Balaban J connectivity index is 1.85. The number of nitrogens with one attached hydrogen (secondary N) is 1. The number of carbonyl (C=O) groups is 3. The van der Waals surface area contributed by atoms with E-state index in [1.54, 1.807) is 61.2 Å². The largest absolute Gasteiger partial charge is 0.493 e. The fourth-order valence-electron chi connectivity index (χ4n) is 5.40. The fourth-order valence-corrected chi connectivity index (χ4v) is 6.69. The number of rotatable bonds is 11. The van der Waals surface area contributed by atoms with Gasteiger partial charge in [-0.1, -0.05) is 12.1 Å². The minimum atomic E-state index is -3.80. The summed E-state index contributed by atoms with van der Waals surface area (Å²) in [4.78, 5) is 40.9. The Labute approximate surface area is 262 Å². The second-order valence-electron chi connectivity index (χ2n) is 11.0. The van der Waals surface area contributed by atoms with Gasteiger partial charge in [0.15, 0.2) is 21.3 Å². The van der Waals surface area contributed by atoms with Crippen molar-refractivity contribution in [3.8, 4) is 11.5 Å². The summed E-state index contributed by atoms with van der Waals surface area (Å²) in [5, 5.41) is 12.1. The number of nitrogens with zero attached hydrogens (tertiary/aromatic N) is 2. The van der Waals surface area contributed by atoms with Gasteiger partial charge in [0.05, 0.1) is 30.4 Å². The predicted molar refractivity (Wildman–Crippen MR) is 170 cm³/mol. The molecule has 45 heavy (non-hydrogen) atoms. The van der Waals surface area contributed by atoms with E-state index in [9.17, 15) is 27.9 Å². The van der Waals surface area contributed by atoms with E-state index in [0.29, 0.717) is 47.7 Å². The number of ether oxygens (including phenoxy) is 2. The lowest BCUT2D eigenvalue weighted by Crippen LogP contribution is -2.38. The summed E-state index contributed by atoms with van der Waals surface area (Å²) in [5.74, 6) is -0.130. The first-order chi connectivity index (χ1) is 21.3. The number of amides is 3. The van der Waals surface area contributed by atoms with Crippen molar-refractivity contribution in [2.24, 2.45) is 5.73 Å². The molecule has 0 aromatic heterocycles. The van der Waals surface area contributed by atoms with Crippen LogP contribution in [0.1, 0.15) is 60.3 Å². The Morgan fingerprint density at radius 1 is 1.02 bits per heavy atom. The zero-order chi connectivity index (χ0) is 33.1. The molecule has 1 saturated heterocycles. The Kier molecular flexibility index (Phi) is 9.91. The normalized spacial score (nSPS) is 15.4. The molecule has 4 N–H and O–H groups in total. The quantitative estimate of drug-likeness (QED) is 0.271. The summed E-state index contributed by atoms with van der Waals surface area (Å²) in [6.07, 6.45) is -0.162. The zero-order valence-corrected chi connectivity index (χ0v) is 26.6. The van der Waals surface area contributed by atoms with Crippen molar-refractivity contribution in [1.29, 1.82) is 0 Å². The number of hydrogen-bond donors (Lipinski definition) is 3. The Hall–Kier alpha value is -4.78. The fraction of sp³-hybridized carbons (Fsp3) is 0.344. The molecule has 3 aromatic carbocycles. The summed E-state index contributed by atoms with van der Waals surface area (Å²) < 4.78 is 37.9. The van der Waals surface area contributed by atoms with E-state index in [4.69, 9.17) is 15.2 Å². The van der Waals surface area contributed by atoms with E-state index < -0.39 is 39.2 Å². The van der Waals surface area contributed by atoms with Gasteiger partial charge >= 0.3 is 6.09 Å². The van der Waals surface area contributed by atoms with E-state index in [0.717, 1.165) is 4.90 Å². The third-order valence-corrected chi connectivity index (χ3v) is 10.2. The van der Waals surface area contributed by atoms with Crippen molar-refractivity contribution in [3.05, 3.63) is 77.4 Å². The van der Waals surface area contributed by atoms with Crippen LogP contribution in [0.15, 0.2) is 65.6 Å². The number of carboxylic acid groups (broad SMARTS) is 1. The molecule has 1 aliphatic heterocycles. The van der Waals surface area contributed by atoms with Crippen molar-refractivity contribution in [3.63, 3.8) is 0 Å². The Bertz CT molecular complexity index is 1710. The van der Waals surface area contributed by atoms with Crippen molar-refractivity contribution in [2.45, 2.75) is 48.9 Å². The van der Waals surface area contributed by atoms with Crippen LogP contribution in [0.4, 0.5) is 16.2 Å². The van der Waals surface area contributed by atoms with Crippen LogP contribution in [0, 0.1) is 0 Å². The summed E-state index contributed by atoms with van der Waals surface area (Å²) in [6.45, 7) is 3.48. The van der Waals surface area contributed by atoms with Gasteiger partial charge in [-0.05, 0) is 86.3 Å². The molecule has 13 heteroatoms. The summed E-state index contributed by atoms with van der Waals surface area (Å²) in [6, 6.07) is 14.3. The number of hydrogen-bond acceptors (Lipinski definition) is 8. The molecular formula is C32H38N4O8S. The van der Waals surface area contributed by atoms with Crippen LogP contribution in [0.25, 0.3) is 0 Å². The molecule has 1 aliphatic rings. The van der Waals surface area contributed by atoms with Crippen LogP contribution in [-0.2, 0) is 14.6 Å². The van der Waals surface area contributed by atoms with E-state index in [2.05, 4.69) is 5.32 Å². The SMILES string of the molecule is COc1ccc([C@H](Nc2cccc(C(N)=O)c2)C(=O)N2CCC[C@@H]2c2cc(N(C)C(=O)O)ccc2S(=O)(=O)C(C)C)cc1OC. The molecule has 0 radical (unpaired) electrons. The highest BCUT2D eigenvalue weighted by Gasteiger charge is 2.38. The molecule has 1 fully saturated rings. The van der Waals surface area contributed by atoms with Gasteiger partial charge in [-0.25, -0.2) is 13.2 Å². The van der Waals surface area contributed by atoms with Gasteiger partial charge in [-0.3, -0.25) is 14.5 Å². The maximum absolute atomic E-state index is 14.6. The van der Waals surface area contributed by atoms with Crippen LogP contribution in [0.5, 0.6) is 11.5 Å². The number of sulfone groups is 1. The molecule has 1 heterocycles. The second kappa shape index (κ2) is 13.5. The van der Waals surface area contributed by atoms with Gasteiger partial charge in [0.2, 0.25) is 11.8 Å². The van der Waals surface area contributed by atoms with Crippen LogP contribution in [0.3, 0.4) is 0 Å². The van der Waals surface area contributed by atoms with Gasteiger partial charge in [0.25, 0.3) is 0 Å². The molecule has 0 unspecified atom stereocenters. The minimum Gasteiger partial charge on any atom is -0.493 e. The molecule has 2 atom stereocenters. The molecule has 0 aliphatic carbocycles. The first kappa shape index (κ1) is 33.1. The lowest BCUT2D eigenvalue weighted by molar-refractivity contribution is -0.133. The van der Waals surface area contributed by atoms with Gasteiger partial charge in [0, 0.05) is 30.5 Å². The number of methoxy groups -OCH3 is 2. The standard InChI is InChI=1S/C32H38N4O8S/c1-19(2)45(41,42)28-14-12-23(35(3)32(39)40)18-24(28)25-10-7-15-36(25)31(38)29(20-11-13-26(43-4)27(17-20)44-5)34-22-9-6-8-21(16-22)30(33)37/h6,8-9,11-14,16-19,25,29,34H,7,10,15H2,1-5H3,(H2,33,37)(H,39,40)/t25-,29+/m1/s1. The highest BCUT2D eigenvalue weighted by molar-refractivity contribution is 7.92. The van der Waals surface area contributed by atoms with Crippen LogP contribution < -0.4 is 25.4 Å². The van der Waals surface area contributed by atoms with Crippen molar-refractivity contribution in [2.75, 3.05) is 38.0 Å². The smallest absolute Gasteiger partial charge is 0.411 e. The summed E-state index contributed by atoms with van der Waals surface area (Å²) in [7, 11) is 0.551. The third kappa shape index (κ3) is 6.83. The molecule has 4 rings (SSSR count). The number of primary amides is 1. The lowest BCUT2D eigenvalue weighted by atomic mass is 10.00. The monoisotopic (exact) mass is 638 g/mol. The van der Waals surface area contributed by atoms with E-state index in [1.165, 1.54) is 39.5 Å². The number of anilines is 2. The maximum atomic E-state index is 14.6. The molecule has 0 bridgehead atoms. The average Bonchev–Trinajstić information content (AvgIpc) is 3.52. The van der Waals surface area contributed by atoms with Gasteiger partial charge in [-0.2, -0.15) is 0 Å². The van der Waals surface area contributed by atoms with Gasteiger partial charge < -0.3 is 30.5 Å². The Morgan fingerprint density at radius 3 is 2.36 bits per heavy atom. The Morgan fingerprint density at radius 2 is 1.73 bits per heavy atom. The predicted octanol–water partition coefficient (Wildman–Crippen LogP) is 4.62. The van der Waals surface area contributed by atoms with E-state index in [-0.39, 0.29) is 22.1 Å². The third-order valence-electron chi connectivity index (χ3n) is 7.94. The van der Waals surface area contributed by atoms with Crippen LogP contribution >= 0.6 is 0 Å². The second-order valence-corrected chi connectivity index (χ2v) is 13.5. The molecule has 12 nitrogen and oxygen atoms in total. The topological polar surface area (TPSA) is 169 Å². The summed E-state index contributed by atoms with van der Waals surface area (Å²) >= 11 is 0. The first-order valence-corrected chi connectivity index (χ1v) is 15.9. The highest BCUT2D eigenvalue weighted by atomic mass is 32.2. The number of likely N-dealkylation sites (tertiary alicyclic amines) is 1. The highest BCUT2D eigenvalue weighted by Crippen LogP contribution is 2.41. The number of nitrogens with two attached hydrogens (primary N) is 1. The lowest BCUT2D eigenvalue weighted by Gasteiger charge is -2.32. The molecule has 240 valence electrons. The molecular weight excluding hydrogens is 600 g/mol. The minimum absolute atomic E-state index is 0.0505. The van der Waals surface area contributed by atoms with Crippen molar-refractivity contribution in [1.82, 2.24) is 4.90 Å². The number of benzene rings is 3. The number of carbonyl (C=O) groups excluding carboxylic acids is 2.